The van der Waals surface area contributed by atoms with Gasteiger partial charge in [0.1, 0.15) is 42.7 Å². The lowest BCUT2D eigenvalue weighted by Crippen LogP contribution is -2.48. The summed E-state index contributed by atoms with van der Waals surface area (Å²) in [6.07, 6.45) is -28.4. The smallest absolute Gasteiger partial charge is 0.259 e. The molecule has 1 rings (SSSR count). The molecular formula is C65H118O33. The van der Waals surface area contributed by atoms with Crippen molar-refractivity contribution in [1.29, 1.82) is 0 Å². The molecule has 33 nitrogen and oxygen atoms in total. The van der Waals surface area contributed by atoms with Gasteiger partial charge in [0.15, 0.2) is 51.8 Å². The highest BCUT2D eigenvalue weighted by Crippen LogP contribution is 2.53. The van der Waals surface area contributed by atoms with Crippen molar-refractivity contribution in [3.63, 3.8) is 0 Å². The Labute approximate surface area is 571 Å². The number of hydrogen-bond acceptors (Lipinski definition) is 33. The summed E-state index contributed by atoms with van der Waals surface area (Å²) < 4.78 is 32.7. The topological polar surface area (TPSA) is 602 Å². The van der Waals surface area contributed by atoms with Crippen LogP contribution in [0.4, 0.5) is 0 Å². The predicted molar refractivity (Wildman–Crippen MR) is 346 cm³/mol. The highest BCUT2D eigenvalue weighted by atomic mass is 16.7. The molecule has 0 radical (unpaired) electrons. The molecule has 1 aliphatic carbocycles. The molecule has 19 unspecified atom stereocenters. The van der Waals surface area contributed by atoms with Crippen molar-refractivity contribution in [3.05, 3.63) is 69.2 Å². The van der Waals surface area contributed by atoms with E-state index in [-0.39, 0.29) is 36.0 Å². The summed E-state index contributed by atoms with van der Waals surface area (Å²) in [5, 5.41) is 281. The van der Waals surface area contributed by atoms with Crippen molar-refractivity contribution in [2.75, 3.05) is 39.6 Å². The molecule has 27 N–H and O–H groups in total. The number of ether oxygens (including phenoxy) is 6. The number of rotatable bonds is 50. The Morgan fingerprint density at radius 2 is 0.939 bits per heavy atom. The summed E-state index contributed by atoms with van der Waals surface area (Å²) in [6.45, 7) is 12.8. The lowest BCUT2D eigenvalue weighted by molar-refractivity contribution is -0.224. The van der Waals surface area contributed by atoms with Gasteiger partial charge in [0.2, 0.25) is 37.2 Å². The first-order chi connectivity index (χ1) is 45.6. The van der Waals surface area contributed by atoms with Crippen molar-refractivity contribution >= 4 is 0 Å². The van der Waals surface area contributed by atoms with Crippen LogP contribution < -0.4 is 0 Å². The first-order valence-corrected chi connectivity index (χ1v) is 33.1. The maximum atomic E-state index is 11.8. The molecule has 0 bridgehead atoms. The Bertz CT molecular complexity index is 2480. The Kier molecular flexibility index (Phi) is 41.2. The van der Waals surface area contributed by atoms with Gasteiger partial charge in [-0.1, -0.05) is 85.8 Å². The van der Waals surface area contributed by atoms with Crippen molar-refractivity contribution in [2.24, 2.45) is 28.6 Å². The van der Waals surface area contributed by atoms with Gasteiger partial charge in [-0.25, -0.2) is 0 Å². The van der Waals surface area contributed by atoms with Crippen LogP contribution in [0.1, 0.15) is 165 Å². The zero-order valence-electron chi connectivity index (χ0n) is 57.6. The number of hydrogen-bond donors (Lipinski definition) is 27. The van der Waals surface area contributed by atoms with Crippen LogP contribution in [0.25, 0.3) is 0 Å². The van der Waals surface area contributed by atoms with Gasteiger partial charge in [-0.15, -0.1) is 0 Å². The molecule has 98 heavy (non-hydrogen) atoms. The fourth-order valence-electron chi connectivity index (χ4n) is 11.5. The third-order valence-corrected chi connectivity index (χ3v) is 17.6. The highest BCUT2D eigenvalue weighted by Gasteiger charge is 2.48. The van der Waals surface area contributed by atoms with Gasteiger partial charge in [0.25, 0.3) is 6.29 Å². The van der Waals surface area contributed by atoms with Gasteiger partial charge < -0.3 is 166 Å². The first-order valence-electron chi connectivity index (χ1n) is 33.1. The number of aliphatic hydroxyl groups excluding tert-OH is 26. The van der Waals surface area contributed by atoms with Gasteiger partial charge in [0, 0.05) is 63.9 Å². The molecule has 0 heterocycles. The maximum absolute atomic E-state index is 11.8. The van der Waals surface area contributed by atoms with Crippen LogP contribution in [-0.2, 0) is 28.4 Å². The summed E-state index contributed by atoms with van der Waals surface area (Å²) in [5.74, 6) is -12.2. The maximum Gasteiger partial charge on any atom is 0.259 e. The Morgan fingerprint density at radius 3 is 1.37 bits per heavy atom. The Balaban J connectivity index is 3.53. The highest BCUT2D eigenvalue weighted by molar-refractivity contribution is 5.24. The molecule has 0 saturated heterocycles. The van der Waals surface area contributed by atoms with Crippen LogP contribution in [0.15, 0.2) is 69.2 Å². The zero-order chi connectivity index (χ0) is 75.3. The molecule has 19 atom stereocenters. The van der Waals surface area contributed by atoms with Gasteiger partial charge in [-0.05, 0) is 82.0 Å². The molecule has 1 aliphatic rings. The molecule has 0 spiro atoms. The quantitative estimate of drug-likeness (QED) is 0.0230. The molecule has 33 heteroatoms. The minimum atomic E-state index is -2.70. The minimum Gasteiger partial charge on any atom is -0.506 e. The van der Waals surface area contributed by atoms with E-state index in [1.54, 1.807) is 0 Å². The summed E-state index contributed by atoms with van der Waals surface area (Å²) in [6, 6.07) is 0. The van der Waals surface area contributed by atoms with E-state index in [0.717, 1.165) is 31.3 Å². The van der Waals surface area contributed by atoms with E-state index in [9.17, 15) is 128 Å². The summed E-state index contributed by atoms with van der Waals surface area (Å²) in [5.41, 5.74) is -2.08. The summed E-state index contributed by atoms with van der Waals surface area (Å²) in [7, 11) is 0. The van der Waals surface area contributed by atoms with Crippen LogP contribution >= 0.6 is 0 Å². The molecule has 0 aliphatic heterocycles. The predicted octanol–water partition coefficient (Wildman–Crippen LogP) is 1.03. The zero-order valence-corrected chi connectivity index (χ0v) is 57.6. The Hall–Kier alpha value is -4.48. The first kappa shape index (κ1) is 91.5. The number of allylic oxidation sites excluding steroid dienone is 1. The van der Waals surface area contributed by atoms with E-state index in [1.807, 2.05) is 34.6 Å². The van der Waals surface area contributed by atoms with Crippen molar-refractivity contribution in [1.82, 2.24) is 0 Å². The standard InChI is InChI=1S/C65H118O33/c1-10-13-34(33(3)16-18-44(65(8,9)92)96-62(91)56(98-60(89)54(85)48(79)40(73)23-30-69)50(81)42(75)25-32-94-58(87)52(83)46(77)38(71)21-28-67)15-12-26-63(4,5)35-17-19-43(64(6,7)36(35)14-11-2)95-61(90)55(97-59(88)53(84)47(78)39(72)22-29-68)49(80)41(74)24-31-93-57(86)51(82)45(76)37(70)20-27-66/h14,33-35,37-44,47,53,57-62,66-92H,10-13,15-32H2,1-9H3/b36-14+,51-45-,52-46-,54-48-,55-49-,56-50-. The third kappa shape index (κ3) is 28.4. The summed E-state index contributed by atoms with van der Waals surface area (Å²) >= 11 is 0. The van der Waals surface area contributed by atoms with Crippen LogP contribution in [0.3, 0.4) is 0 Å². The van der Waals surface area contributed by atoms with E-state index in [4.69, 9.17) is 38.6 Å². The monoisotopic (exact) mass is 1430 g/mol. The molecular weight excluding hydrogens is 1310 g/mol. The van der Waals surface area contributed by atoms with Crippen LogP contribution in [0.2, 0.25) is 0 Å². The lowest BCUT2D eigenvalue weighted by atomic mass is 9.57. The molecule has 0 aromatic rings. The lowest BCUT2D eigenvalue weighted by Gasteiger charge is -2.50. The molecule has 576 valence electrons. The second-order valence-electron chi connectivity index (χ2n) is 26.5. The normalized spacial score (nSPS) is 22.7. The summed E-state index contributed by atoms with van der Waals surface area (Å²) in [4.78, 5) is 0. The van der Waals surface area contributed by atoms with E-state index >= 15 is 0 Å². The average molecular weight is 1430 g/mol. The molecule has 1 saturated carbocycles. The van der Waals surface area contributed by atoms with Gasteiger partial charge >= 0.3 is 0 Å². The molecule has 0 aromatic heterocycles. The van der Waals surface area contributed by atoms with E-state index < -0.39 is 246 Å². The van der Waals surface area contributed by atoms with E-state index in [1.165, 1.54) is 13.8 Å². The van der Waals surface area contributed by atoms with Gasteiger partial charge in [-0.2, -0.15) is 0 Å². The van der Waals surface area contributed by atoms with Crippen LogP contribution in [0.5, 0.6) is 0 Å². The fraction of sp³-hybridized carbons (Fsp3) is 0.815. The SMILES string of the molecule is CC/C=C1\C(C(C)(C)CCCC(CCC)C(C)CCC(OC(O)/C(OC(O)/C(O)=C(/O)C(O)CCO)=C(/O)C(O)CCOC(O)/C(O)=C(/O)C(O)CCO)C(C)(C)O)CCC(OC(O)/C(OC(O)C(O)C(O)C(O)CCO)=C(/O)C(O)CCOC(O)/C(O)=C(/O)C(O)CCO)C1(C)C. The fourth-order valence-corrected chi connectivity index (χ4v) is 11.5. The van der Waals surface area contributed by atoms with Crippen LogP contribution in [-0.4, -0.2) is 282 Å². The minimum absolute atomic E-state index is 0.0389. The number of aliphatic hydroxyl groups is 27. The van der Waals surface area contributed by atoms with Crippen LogP contribution in [0, 0.1) is 28.6 Å². The van der Waals surface area contributed by atoms with Crippen molar-refractivity contribution < 1.29 is 166 Å². The average Bonchev–Trinajstić information content (AvgIpc) is 0.761. The molecule has 0 aromatic carbocycles. The van der Waals surface area contributed by atoms with E-state index in [2.05, 4.69) is 19.9 Å². The van der Waals surface area contributed by atoms with Crippen molar-refractivity contribution in [3.8, 4) is 0 Å². The van der Waals surface area contributed by atoms with E-state index in [0.29, 0.717) is 25.7 Å². The van der Waals surface area contributed by atoms with Gasteiger partial charge in [-0.3, -0.25) is 0 Å². The second kappa shape index (κ2) is 44.1. The Morgan fingerprint density at radius 1 is 0.500 bits per heavy atom. The third-order valence-electron chi connectivity index (χ3n) is 17.6. The second-order valence-corrected chi connectivity index (χ2v) is 26.5. The molecule has 1 fully saturated rings. The van der Waals surface area contributed by atoms with Crippen molar-refractivity contribution in [2.45, 2.75) is 269 Å². The van der Waals surface area contributed by atoms with Gasteiger partial charge in [0.05, 0.1) is 37.1 Å². The molecule has 0 amide bonds. The largest absolute Gasteiger partial charge is 0.506 e.